The van der Waals surface area contributed by atoms with Gasteiger partial charge in [-0.05, 0) is 11.5 Å². The zero-order valence-electron chi connectivity index (χ0n) is 14.2. The molecule has 0 bridgehead atoms. The van der Waals surface area contributed by atoms with E-state index >= 15 is 0 Å². The lowest BCUT2D eigenvalue weighted by atomic mass is 9.84. The van der Waals surface area contributed by atoms with Crippen LogP contribution >= 0.6 is 0 Å². The predicted molar refractivity (Wildman–Crippen MR) is 89.1 cm³/mol. The number of hydrogen-bond acceptors (Lipinski definition) is 3. The van der Waals surface area contributed by atoms with E-state index in [0.717, 1.165) is 37.9 Å². The molecule has 4 nitrogen and oxygen atoms in total. The number of nitrogens with zero attached hydrogens (tertiary/aromatic N) is 1. The van der Waals surface area contributed by atoms with Crippen LogP contribution in [0.5, 0.6) is 0 Å². The van der Waals surface area contributed by atoms with Gasteiger partial charge in [0.2, 0.25) is 5.91 Å². The van der Waals surface area contributed by atoms with Crippen molar-refractivity contribution in [3.8, 4) is 0 Å². The second kappa shape index (κ2) is 7.02. The molecule has 2 aliphatic rings. The summed E-state index contributed by atoms with van der Waals surface area (Å²) in [6, 6.07) is 10.2. The van der Waals surface area contributed by atoms with Gasteiger partial charge in [-0.1, -0.05) is 50.6 Å². The normalized spacial score (nSPS) is 23.0. The second-order valence-electron chi connectivity index (χ2n) is 6.71. The monoisotopic (exact) mass is 317 g/mol. The summed E-state index contributed by atoms with van der Waals surface area (Å²) in [4.78, 5) is 15.1. The Bertz CT molecular complexity index is 515. The zero-order valence-corrected chi connectivity index (χ0v) is 14.2. The SMILES string of the molecule is CCC(C)C(C(=O)N1CCC2(CC1)OCCO2)c1ccccc1. The second-order valence-corrected chi connectivity index (χ2v) is 6.71. The minimum absolute atomic E-state index is 0.0549. The van der Waals surface area contributed by atoms with Gasteiger partial charge in [0.1, 0.15) is 0 Å². The Hall–Kier alpha value is -1.39. The smallest absolute Gasteiger partial charge is 0.230 e. The van der Waals surface area contributed by atoms with Crippen molar-refractivity contribution in [3.05, 3.63) is 35.9 Å². The molecule has 2 fully saturated rings. The van der Waals surface area contributed by atoms with Crippen LogP contribution in [0.2, 0.25) is 0 Å². The number of carbonyl (C=O) groups excluding carboxylic acids is 1. The lowest BCUT2D eigenvalue weighted by Gasteiger charge is -2.39. The summed E-state index contributed by atoms with van der Waals surface area (Å²) in [7, 11) is 0. The van der Waals surface area contributed by atoms with E-state index in [4.69, 9.17) is 9.47 Å². The summed E-state index contributed by atoms with van der Waals surface area (Å²) < 4.78 is 11.5. The third-order valence-electron chi connectivity index (χ3n) is 5.29. The Kier molecular flexibility index (Phi) is 5.02. The van der Waals surface area contributed by atoms with Crippen LogP contribution in [0.3, 0.4) is 0 Å². The molecule has 2 atom stereocenters. The fourth-order valence-electron chi connectivity index (χ4n) is 3.66. The van der Waals surface area contributed by atoms with Gasteiger partial charge >= 0.3 is 0 Å². The number of benzene rings is 1. The minimum Gasteiger partial charge on any atom is -0.347 e. The molecule has 4 heteroatoms. The molecular formula is C19H27NO3. The average molecular weight is 317 g/mol. The average Bonchev–Trinajstić information content (AvgIpc) is 3.04. The first-order valence-electron chi connectivity index (χ1n) is 8.77. The summed E-state index contributed by atoms with van der Waals surface area (Å²) >= 11 is 0. The van der Waals surface area contributed by atoms with Crippen LogP contribution in [0.15, 0.2) is 30.3 Å². The van der Waals surface area contributed by atoms with E-state index in [1.54, 1.807) is 0 Å². The van der Waals surface area contributed by atoms with Crippen molar-refractivity contribution in [1.82, 2.24) is 4.90 Å². The first-order chi connectivity index (χ1) is 11.2. The molecule has 2 aliphatic heterocycles. The highest BCUT2D eigenvalue weighted by Crippen LogP contribution is 2.34. The molecule has 0 aliphatic carbocycles. The number of rotatable bonds is 4. The number of likely N-dealkylation sites (tertiary alicyclic amines) is 1. The molecule has 1 spiro atoms. The molecule has 0 radical (unpaired) electrons. The third kappa shape index (κ3) is 3.43. The summed E-state index contributed by atoms with van der Waals surface area (Å²) in [5.41, 5.74) is 1.13. The molecule has 126 valence electrons. The van der Waals surface area contributed by atoms with Gasteiger partial charge in [0, 0.05) is 25.9 Å². The van der Waals surface area contributed by atoms with Gasteiger partial charge in [0.05, 0.1) is 19.1 Å². The maximum absolute atomic E-state index is 13.1. The lowest BCUT2D eigenvalue weighted by Crippen LogP contribution is -2.49. The number of piperidine rings is 1. The molecule has 23 heavy (non-hydrogen) atoms. The summed E-state index contributed by atoms with van der Waals surface area (Å²) in [5.74, 6) is 0.105. The summed E-state index contributed by atoms with van der Waals surface area (Å²) in [6.07, 6.45) is 2.55. The molecular weight excluding hydrogens is 290 g/mol. The molecule has 0 N–H and O–H groups in total. The van der Waals surface area contributed by atoms with Crippen molar-refractivity contribution >= 4 is 5.91 Å². The van der Waals surface area contributed by atoms with E-state index < -0.39 is 5.79 Å². The van der Waals surface area contributed by atoms with Crippen molar-refractivity contribution in [2.45, 2.75) is 44.8 Å². The van der Waals surface area contributed by atoms with Gasteiger partial charge < -0.3 is 14.4 Å². The molecule has 2 unspecified atom stereocenters. The van der Waals surface area contributed by atoms with E-state index in [1.165, 1.54) is 0 Å². The first kappa shape index (κ1) is 16.5. The van der Waals surface area contributed by atoms with E-state index in [1.807, 2.05) is 23.1 Å². The van der Waals surface area contributed by atoms with Crippen LogP contribution in [0.25, 0.3) is 0 Å². The predicted octanol–water partition coefficient (Wildman–Crippen LogP) is 3.18. The van der Waals surface area contributed by atoms with Gasteiger partial charge in [-0.25, -0.2) is 0 Å². The molecule has 0 saturated carbocycles. The van der Waals surface area contributed by atoms with Crippen LogP contribution in [0.4, 0.5) is 0 Å². The molecule has 1 aromatic rings. The zero-order chi connectivity index (χ0) is 16.3. The van der Waals surface area contributed by atoms with E-state index in [-0.39, 0.29) is 11.8 Å². The standard InChI is InChI=1S/C19H27NO3/c1-3-15(2)17(16-7-5-4-6-8-16)18(21)20-11-9-19(10-12-20)22-13-14-23-19/h4-8,15,17H,3,9-14H2,1-2H3. The van der Waals surface area contributed by atoms with Crippen molar-refractivity contribution in [1.29, 1.82) is 0 Å². The maximum Gasteiger partial charge on any atom is 0.230 e. The van der Waals surface area contributed by atoms with Crippen LogP contribution in [-0.2, 0) is 14.3 Å². The maximum atomic E-state index is 13.1. The fraction of sp³-hybridized carbons (Fsp3) is 0.632. The Balaban J connectivity index is 1.72. The molecule has 1 amide bonds. The van der Waals surface area contributed by atoms with E-state index in [9.17, 15) is 4.79 Å². The highest BCUT2D eigenvalue weighted by molar-refractivity contribution is 5.84. The topological polar surface area (TPSA) is 38.8 Å². The van der Waals surface area contributed by atoms with Crippen LogP contribution in [-0.4, -0.2) is 42.9 Å². The molecule has 3 rings (SSSR count). The van der Waals surface area contributed by atoms with Crippen molar-refractivity contribution < 1.29 is 14.3 Å². The van der Waals surface area contributed by atoms with Crippen LogP contribution in [0, 0.1) is 5.92 Å². The number of hydrogen-bond donors (Lipinski definition) is 0. The minimum atomic E-state index is -0.421. The highest BCUT2D eigenvalue weighted by atomic mass is 16.7. The quantitative estimate of drug-likeness (QED) is 0.856. The molecule has 2 saturated heterocycles. The highest BCUT2D eigenvalue weighted by Gasteiger charge is 2.42. The van der Waals surface area contributed by atoms with Gasteiger partial charge in [-0.3, -0.25) is 4.79 Å². The molecule has 0 aromatic heterocycles. The van der Waals surface area contributed by atoms with E-state index in [2.05, 4.69) is 26.0 Å². The molecule has 2 heterocycles. The molecule has 1 aromatic carbocycles. The van der Waals surface area contributed by atoms with Crippen LogP contribution < -0.4 is 0 Å². The Morgan fingerprint density at radius 2 is 1.78 bits per heavy atom. The third-order valence-corrected chi connectivity index (χ3v) is 5.29. The van der Waals surface area contributed by atoms with E-state index in [0.29, 0.717) is 19.1 Å². The summed E-state index contributed by atoms with van der Waals surface area (Å²) in [6.45, 7) is 7.11. The fourth-order valence-corrected chi connectivity index (χ4v) is 3.66. The largest absolute Gasteiger partial charge is 0.347 e. The first-order valence-corrected chi connectivity index (χ1v) is 8.77. The van der Waals surface area contributed by atoms with Gasteiger partial charge in [0.25, 0.3) is 0 Å². The summed E-state index contributed by atoms with van der Waals surface area (Å²) in [5, 5.41) is 0. The number of carbonyl (C=O) groups is 1. The van der Waals surface area contributed by atoms with Gasteiger partial charge in [-0.15, -0.1) is 0 Å². The van der Waals surface area contributed by atoms with Crippen molar-refractivity contribution in [3.63, 3.8) is 0 Å². The van der Waals surface area contributed by atoms with Gasteiger partial charge in [0.15, 0.2) is 5.79 Å². The van der Waals surface area contributed by atoms with Crippen molar-refractivity contribution in [2.75, 3.05) is 26.3 Å². The van der Waals surface area contributed by atoms with Gasteiger partial charge in [-0.2, -0.15) is 0 Å². The van der Waals surface area contributed by atoms with Crippen LogP contribution in [0.1, 0.15) is 44.6 Å². The number of amides is 1. The van der Waals surface area contributed by atoms with Crippen molar-refractivity contribution in [2.24, 2.45) is 5.92 Å². The lowest BCUT2D eigenvalue weighted by molar-refractivity contribution is -0.188. The number of ether oxygens (including phenoxy) is 2. The Morgan fingerprint density at radius 3 is 2.35 bits per heavy atom. The Morgan fingerprint density at radius 1 is 1.17 bits per heavy atom. The Labute approximate surface area is 138 Å².